The molecule has 1 fully saturated rings. The first-order chi connectivity index (χ1) is 8.59. The van der Waals surface area contributed by atoms with Gasteiger partial charge in [0.05, 0.1) is 5.56 Å². The number of carbonyl (C=O) groups excluding carboxylic acids is 1. The van der Waals surface area contributed by atoms with Crippen molar-refractivity contribution >= 4 is 5.78 Å². The molecule has 1 N–H and O–H groups in total. The lowest BCUT2D eigenvalue weighted by atomic mass is 9.89. The second kappa shape index (κ2) is 5.33. The molecule has 0 radical (unpaired) electrons. The molecular formula is C13H18N2O3. The summed E-state index contributed by atoms with van der Waals surface area (Å²) in [6, 6.07) is 0. The van der Waals surface area contributed by atoms with Gasteiger partial charge in [0.1, 0.15) is 0 Å². The van der Waals surface area contributed by atoms with E-state index in [-0.39, 0.29) is 11.3 Å². The van der Waals surface area contributed by atoms with Gasteiger partial charge in [-0.15, -0.1) is 0 Å². The van der Waals surface area contributed by atoms with Gasteiger partial charge >= 0.3 is 5.69 Å². The molecule has 18 heavy (non-hydrogen) atoms. The number of carbonyl (C=O) groups is 1. The standard InChI is InChI=1S/C13H18N2O3/c1-9(16)11-7-14-13(18)15(12(11)17)8-10-5-3-2-4-6-10/h7,10H,2-6,8H2,1H3,(H,14,18). The largest absolute Gasteiger partial charge is 0.328 e. The van der Waals surface area contributed by atoms with E-state index in [1.54, 1.807) is 0 Å². The predicted octanol–water partition coefficient (Wildman–Crippen LogP) is 1.32. The Hall–Kier alpha value is -1.65. The van der Waals surface area contributed by atoms with Crippen LogP contribution in [0.2, 0.25) is 0 Å². The number of aromatic amines is 1. The van der Waals surface area contributed by atoms with Crippen molar-refractivity contribution in [3.8, 4) is 0 Å². The van der Waals surface area contributed by atoms with E-state index in [1.807, 2.05) is 0 Å². The number of nitrogens with zero attached hydrogens (tertiary/aromatic N) is 1. The molecule has 98 valence electrons. The second-order valence-corrected chi connectivity index (χ2v) is 4.98. The van der Waals surface area contributed by atoms with E-state index >= 15 is 0 Å². The van der Waals surface area contributed by atoms with Gasteiger partial charge in [-0.1, -0.05) is 19.3 Å². The molecule has 0 aliphatic heterocycles. The number of nitrogens with one attached hydrogen (secondary N) is 1. The molecule has 0 spiro atoms. The second-order valence-electron chi connectivity index (χ2n) is 4.98. The molecule has 1 aliphatic rings. The van der Waals surface area contributed by atoms with Crippen LogP contribution in [0.1, 0.15) is 49.4 Å². The van der Waals surface area contributed by atoms with Crippen LogP contribution in [0, 0.1) is 5.92 Å². The molecule has 1 aliphatic carbocycles. The summed E-state index contributed by atoms with van der Waals surface area (Å²) in [5.41, 5.74) is -0.821. The van der Waals surface area contributed by atoms with Gasteiger partial charge in [-0.2, -0.15) is 0 Å². The molecule has 1 saturated carbocycles. The molecule has 0 atom stereocenters. The highest BCUT2D eigenvalue weighted by molar-refractivity contribution is 5.93. The average Bonchev–Trinajstić information content (AvgIpc) is 2.35. The van der Waals surface area contributed by atoms with Crippen molar-refractivity contribution in [2.24, 2.45) is 5.92 Å². The minimum Gasteiger partial charge on any atom is -0.313 e. The van der Waals surface area contributed by atoms with Gasteiger partial charge in [-0.05, 0) is 25.7 Å². The smallest absolute Gasteiger partial charge is 0.313 e. The first-order valence-corrected chi connectivity index (χ1v) is 6.43. The third-order valence-corrected chi connectivity index (χ3v) is 3.61. The summed E-state index contributed by atoms with van der Waals surface area (Å²) in [6.45, 7) is 1.76. The molecule has 5 nitrogen and oxygen atoms in total. The Kier molecular flexibility index (Phi) is 3.79. The summed E-state index contributed by atoms with van der Waals surface area (Å²) in [4.78, 5) is 37.5. The van der Waals surface area contributed by atoms with Crippen LogP contribution in [0.5, 0.6) is 0 Å². The molecule has 0 amide bonds. The molecule has 0 bridgehead atoms. The van der Waals surface area contributed by atoms with E-state index in [2.05, 4.69) is 4.98 Å². The van der Waals surface area contributed by atoms with Gasteiger partial charge in [-0.25, -0.2) is 4.79 Å². The topological polar surface area (TPSA) is 71.9 Å². The van der Waals surface area contributed by atoms with Crippen LogP contribution in [0.15, 0.2) is 15.8 Å². The maximum Gasteiger partial charge on any atom is 0.328 e. The van der Waals surface area contributed by atoms with Crippen LogP contribution in [-0.4, -0.2) is 15.3 Å². The number of Topliss-reactive ketones (excluding diaryl/α,β-unsaturated/α-hetero) is 1. The van der Waals surface area contributed by atoms with Crippen LogP contribution < -0.4 is 11.2 Å². The molecule has 2 rings (SSSR count). The molecule has 0 saturated heterocycles. The Morgan fingerprint density at radius 1 is 1.33 bits per heavy atom. The maximum absolute atomic E-state index is 12.0. The Labute approximate surface area is 105 Å². The average molecular weight is 250 g/mol. The van der Waals surface area contributed by atoms with Crippen LogP contribution in [0.3, 0.4) is 0 Å². The fourth-order valence-electron chi connectivity index (χ4n) is 2.56. The van der Waals surface area contributed by atoms with Gasteiger partial charge in [0.2, 0.25) is 0 Å². The van der Waals surface area contributed by atoms with Gasteiger partial charge in [-0.3, -0.25) is 14.2 Å². The molecule has 0 aromatic carbocycles. The van der Waals surface area contributed by atoms with Crippen molar-refractivity contribution in [1.82, 2.24) is 9.55 Å². The SMILES string of the molecule is CC(=O)c1c[nH]c(=O)n(CC2CCCCC2)c1=O. The minimum atomic E-state index is -0.461. The van der Waals surface area contributed by atoms with Crippen molar-refractivity contribution < 1.29 is 4.79 Å². The highest BCUT2D eigenvalue weighted by atomic mass is 16.2. The van der Waals surface area contributed by atoms with E-state index < -0.39 is 11.2 Å². The highest BCUT2D eigenvalue weighted by Crippen LogP contribution is 2.24. The Morgan fingerprint density at radius 3 is 2.61 bits per heavy atom. The van der Waals surface area contributed by atoms with E-state index in [0.717, 1.165) is 25.7 Å². The summed E-state index contributed by atoms with van der Waals surface area (Å²) >= 11 is 0. The highest BCUT2D eigenvalue weighted by Gasteiger charge is 2.17. The van der Waals surface area contributed by atoms with Crippen molar-refractivity contribution in [3.05, 3.63) is 32.6 Å². The Morgan fingerprint density at radius 2 is 2.00 bits per heavy atom. The third-order valence-electron chi connectivity index (χ3n) is 3.61. The fraction of sp³-hybridized carbons (Fsp3) is 0.615. The first-order valence-electron chi connectivity index (χ1n) is 6.43. The quantitative estimate of drug-likeness (QED) is 0.822. The monoisotopic (exact) mass is 250 g/mol. The number of ketones is 1. The van der Waals surface area contributed by atoms with Crippen LogP contribution in [0.25, 0.3) is 0 Å². The fourth-order valence-corrected chi connectivity index (χ4v) is 2.56. The van der Waals surface area contributed by atoms with Gasteiger partial charge in [0.15, 0.2) is 5.78 Å². The third kappa shape index (κ3) is 2.60. The number of hydrogen-bond donors (Lipinski definition) is 1. The Bertz CT molecular complexity index is 550. The molecule has 5 heteroatoms. The van der Waals surface area contributed by atoms with Crippen LogP contribution >= 0.6 is 0 Å². The number of rotatable bonds is 3. The summed E-state index contributed by atoms with van der Waals surface area (Å²) in [5, 5.41) is 0. The summed E-state index contributed by atoms with van der Waals surface area (Å²) < 4.78 is 1.17. The van der Waals surface area contributed by atoms with Crippen molar-refractivity contribution in [3.63, 3.8) is 0 Å². The number of hydrogen-bond acceptors (Lipinski definition) is 3. The number of aromatic nitrogens is 2. The zero-order valence-electron chi connectivity index (χ0n) is 10.6. The van der Waals surface area contributed by atoms with Gasteiger partial charge in [0, 0.05) is 12.7 Å². The Balaban J connectivity index is 2.31. The molecule has 0 unspecified atom stereocenters. The van der Waals surface area contributed by atoms with Crippen molar-refractivity contribution in [2.75, 3.05) is 0 Å². The molecular weight excluding hydrogens is 232 g/mol. The lowest BCUT2D eigenvalue weighted by molar-refractivity contribution is 0.101. The molecule has 1 aromatic heterocycles. The van der Waals surface area contributed by atoms with E-state index in [1.165, 1.54) is 24.1 Å². The zero-order chi connectivity index (χ0) is 13.1. The first kappa shape index (κ1) is 12.8. The van der Waals surface area contributed by atoms with Crippen molar-refractivity contribution in [2.45, 2.75) is 45.6 Å². The van der Waals surface area contributed by atoms with E-state index in [4.69, 9.17) is 0 Å². The maximum atomic E-state index is 12.0. The predicted molar refractivity (Wildman–Crippen MR) is 67.9 cm³/mol. The van der Waals surface area contributed by atoms with E-state index in [9.17, 15) is 14.4 Å². The lowest BCUT2D eigenvalue weighted by Crippen LogP contribution is -2.39. The molecule has 1 aromatic rings. The molecule has 1 heterocycles. The van der Waals surface area contributed by atoms with Crippen molar-refractivity contribution in [1.29, 1.82) is 0 Å². The summed E-state index contributed by atoms with van der Waals surface area (Å²) in [5.74, 6) is 0.0633. The summed E-state index contributed by atoms with van der Waals surface area (Å²) in [6.07, 6.45) is 6.86. The van der Waals surface area contributed by atoms with Crippen LogP contribution in [-0.2, 0) is 6.54 Å². The van der Waals surface area contributed by atoms with Gasteiger partial charge in [0.25, 0.3) is 5.56 Å². The number of H-pyrrole nitrogens is 1. The van der Waals surface area contributed by atoms with Gasteiger partial charge < -0.3 is 4.98 Å². The minimum absolute atomic E-state index is 0.0606. The van der Waals surface area contributed by atoms with E-state index in [0.29, 0.717) is 12.5 Å². The zero-order valence-corrected chi connectivity index (χ0v) is 10.6. The van der Waals surface area contributed by atoms with Crippen LogP contribution in [0.4, 0.5) is 0 Å². The normalized spacial score (nSPS) is 16.7. The lowest BCUT2D eigenvalue weighted by Gasteiger charge is -2.21. The summed E-state index contributed by atoms with van der Waals surface area (Å²) in [7, 11) is 0.